The van der Waals surface area contributed by atoms with Crippen molar-refractivity contribution in [1.82, 2.24) is 9.97 Å². The number of nitrogens with zero attached hydrogens (tertiary/aromatic N) is 2. The molecule has 0 aliphatic carbocycles. The third kappa shape index (κ3) is 2.46. The molecule has 7 heteroatoms. The fraction of sp³-hybridized carbons (Fsp3) is 0.286. The Balaban J connectivity index is 2.68. The summed E-state index contributed by atoms with van der Waals surface area (Å²) < 4.78 is 4.42. The Kier molecular flexibility index (Phi) is 3.47. The number of aromatic nitrogens is 2. The van der Waals surface area contributed by atoms with Crippen LogP contribution in [0.4, 0.5) is 11.5 Å². The van der Waals surface area contributed by atoms with Gasteiger partial charge in [0, 0.05) is 0 Å². The summed E-state index contributed by atoms with van der Waals surface area (Å²) in [5, 5.41) is 2.82. The Morgan fingerprint density at radius 2 is 2.43 bits per heavy atom. The van der Waals surface area contributed by atoms with E-state index in [1.807, 2.05) is 0 Å². The first kappa shape index (κ1) is 10.5. The van der Waals surface area contributed by atoms with Gasteiger partial charge in [-0.25, -0.2) is 9.97 Å². The maximum atomic E-state index is 10.8. The van der Waals surface area contributed by atoms with Gasteiger partial charge in [0.1, 0.15) is 18.6 Å². The first-order valence-electron chi connectivity index (χ1n) is 3.71. The lowest BCUT2D eigenvalue weighted by molar-refractivity contribution is -0.138. The molecule has 14 heavy (non-hydrogen) atoms. The number of halogens is 1. The van der Waals surface area contributed by atoms with Crippen LogP contribution in [-0.4, -0.2) is 29.6 Å². The van der Waals surface area contributed by atoms with Crippen molar-refractivity contribution in [1.29, 1.82) is 0 Å². The molecule has 0 aliphatic heterocycles. The third-order valence-corrected chi connectivity index (χ3v) is 1.76. The topological polar surface area (TPSA) is 90.1 Å². The summed E-state index contributed by atoms with van der Waals surface area (Å²) in [7, 11) is 1.29. The van der Waals surface area contributed by atoms with Crippen LogP contribution in [0.25, 0.3) is 0 Å². The zero-order valence-electron chi connectivity index (χ0n) is 7.45. The van der Waals surface area contributed by atoms with Crippen LogP contribution in [0.15, 0.2) is 6.33 Å². The number of rotatable bonds is 3. The SMILES string of the molecule is COC(=O)CNc1ncnc(Cl)c1N. The lowest BCUT2D eigenvalue weighted by Crippen LogP contribution is -2.16. The molecule has 76 valence electrons. The van der Waals surface area contributed by atoms with Gasteiger partial charge < -0.3 is 15.8 Å². The average molecular weight is 217 g/mol. The van der Waals surface area contributed by atoms with Crippen molar-refractivity contribution in [2.24, 2.45) is 0 Å². The van der Waals surface area contributed by atoms with Gasteiger partial charge in [-0.1, -0.05) is 11.6 Å². The number of anilines is 2. The highest BCUT2D eigenvalue weighted by Gasteiger charge is 2.07. The van der Waals surface area contributed by atoms with Crippen LogP contribution in [0.1, 0.15) is 0 Å². The van der Waals surface area contributed by atoms with E-state index in [4.69, 9.17) is 17.3 Å². The molecule has 0 saturated carbocycles. The summed E-state index contributed by atoms with van der Waals surface area (Å²) in [6.45, 7) is -0.0198. The van der Waals surface area contributed by atoms with Crippen LogP contribution in [-0.2, 0) is 9.53 Å². The summed E-state index contributed by atoms with van der Waals surface area (Å²) in [6, 6.07) is 0. The lowest BCUT2D eigenvalue weighted by Gasteiger charge is -2.06. The number of nitrogens with one attached hydrogen (secondary N) is 1. The molecule has 1 aromatic rings. The largest absolute Gasteiger partial charge is 0.468 e. The second-order valence-electron chi connectivity index (χ2n) is 2.36. The highest BCUT2D eigenvalue weighted by molar-refractivity contribution is 6.32. The van der Waals surface area contributed by atoms with Gasteiger partial charge in [0.05, 0.1) is 7.11 Å². The zero-order chi connectivity index (χ0) is 10.6. The molecule has 3 N–H and O–H groups in total. The third-order valence-electron chi connectivity index (χ3n) is 1.46. The maximum absolute atomic E-state index is 10.8. The van der Waals surface area contributed by atoms with E-state index in [0.29, 0.717) is 5.82 Å². The molecule has 0 bridgehead atoms. The second-order valence-corrected chi connectivity index (χ2v) is 2.71. The van der Waals surface area contributed by atoms with E-state index in [-0.39, 0.29) is 17.4 Å². The fourth-order valence-electron chi connectivity index (χ4n) is 0.743. The van der Waals surface area contributed by atoms with Gasteiger partial charge in [0.2, 0.25) is 0 Å². The molecule has 0 radical (unpaired) electrons. The summed E-state index contributed by atoms with van der Waals surface area (Å²) >= 11 is 5.63. The van der Waals surface area contributed by atoms with Crippen molar-refractivity contribution < 1.29 is 9.53 Å². The first-order valence-corrected chi connectivity index (χ1v) is 4.09. The van der Waals surface area contributed by atoms with E-state index in [2.05, 4.69) is 20.0 Å². The molecule has 0 aromatic carbocycles. The molecule has 0 atom stereocenters. The Morgan fingerprint density at radius 3 is 3.07 bits per heavy atom. The van der Waals surface area contributed by atoms with Crippen LogP contribution in [0.5, 0.6) is 0 Å². The molecule has 0 saturated heterocycles. The number of hydrogen-bond acceptors (Lipinski definition) is 6. The molecule has 6 nitrogen and oxygen atoms in total. The normalized spacial score (nSPS) is 9.57. The lowest BCUT2D eigenvalue weighted by atomic mass is 10.4. The van der Waals surface area contributed by atoms with Crippen molar-refractivity contribution in [3.05, 3.63) is 11.5 Å². The highest BCUT2D eigenvalue weighted by atomic mass is 35.5. The van der Waals surface area contributed by atoms with Gasteiger partial charge in [-0.05, 0) is 0 Å². The molecule has 0 unspecified atom stereocenters. The van der Waals surface area contributed by atoms with Crippen molar-refractivity contribution in [3.8, 4) is 0 Å². The number of hydrogen-bond donors (Lipinski definition) is 2. The van der Waals surface area contributed by atoms with Crippen molar-refractivity contribution in [2.45, 2.75) is 0 Å². The standard InChI is InChI=1S/C7H9ClN4O2/c1-14-4(13)2-10-7-5(9)6(8)11-3-12-7/h3H,2,9H2,1H3,(H,10,11,12). The van der Waals surface area contributed by atoms with Crippen molar-refractivity contribution in [2.75, 3.05) is 24.7 Å². The summed E-state index contributed by atoms with van der Waals surface area (Å²) in [5.41, 5.74) is 5.75. The molecule has 1 aromatic heterocycles. The molecule has 0 spiro atoms. The number of carbonyl (C=O) groups excluding carboxylic acids is 1. The summed E-state index contributed by atoms with van der Waals surface area (Å²) in [4.78, 5) is 18.2. The van der Waals surface area contributed by atoms with Crippen molar-refractivity contribution in [3.63, 3.8) is 0 Å². The number of ether oxygens (including phenoxy) is 1. The van der Waals surface area contributed by atoms with Crippen molar-refractivity contribution >= 4 is 29.1 Å². The van der Waals surface area contributed by atoms with Gasteiger partial charge in [-0.15, -0.1) is 0 Å². The zero-order valence-corrected chi connectivity index (χ0v) is 8.21. The van der Waals surface area contributed by atoms with E-state index in [9.17, 15) is 4.79 Å². The maximum Gasteiger partial charge on any atom is 0.325 e. The summed E-state index contributed by atoms with van der Waals surface area (Å²) in [6.07, 6.45) is 1.25. The van der Waals surface area contributed by atoms with Gasteiger partial charge >= 0.3 is 5.97 Å². The second kappa shape index (κ2) is 4.61. The Morgan fingerprint density at radius 1 is 1.71 bits per heavy atom. The van der Waals surface area contributed by atoms with Crippen LogP contribution in [0.2, 0.25) is 5.15 Å². The van der Waals surface area contributed by atoms with Crippen LogP contribution < -0.4 is 11.1 Å². The van der Waals surface area contributed by atoms with Gasteiger partial charge in [0.15, 0.2) is 11.0 Å². The number of nitrogens with two attached hydrogens (primary N) is 1. The number of methoxy groups -OCH3 is 1. The van der Waals surface area contributed by atoms with E-state index in [1.165, 1.54) is 13.4 Å². The van der Waals surface area contributed by atoms with E-state index < -0.39 is 5.97 Å². The van der Waals surface area contributed by atoms with Gasteiger partial charge in [0.25, 0.3) is 0 Å². The average Bonchev–Trinajstić information content (AvgIpc) is 2.20. The molecule has 1 heterocycles. The summed E-state index contributed by atoms with van der Waals surface area (Å²) in [5.74, 6) is -0.102. The minimum absolute atomic E-state index is 0.0198. The monoisotopic (exact) mass is 216 g/mol. The Labute approximate surface area is 85.4 Å². The first-order chi connectivity index (χ1) is 6.65. The Hall–Kier alpha value is -1.56. The number of esters is 1. The van der Waals surface area contributed by atoms with E-state index in [0.717, 1.165) is 0 Å². The predicted molar refractivity (Wildman–Crippen MR) is 52.0 cm³/mol. The molecular weight excluding hydrogens is 208 g/mol. The van der Waals surface area contributed by atoms with Gasteiger partial charge in [-0.2, -0.15) is 0 Å². The molecular formula is C7H9ClN4O2. The van der Waals surface area contributed by atoms with Crippen LogP contribution in [0, 0.1) is 0 Å². The fourth-order valence-corrected chi connectivity index (χ4v) is 0.876. The molecule has 1 rings (SSSR count). The minimum atomic E-state index is -0.417. The molecule has 0 aliphatic rings. The van der Waals surface area contributed by atoms with Gasteiger partial charge in [-0.3, -0.25) is 4.79 Å². The smallest absolute Gasteiger partial charge is 0.325 e. The number of nitrogen functional groups attached to an aromatic ring is 1. The Bertz CT molecular complexity index is 344. The van der Waals surface area contributed by atoms with Crippen LogP contribution >= 0.6 is 11.6 Å². The number of carbonyl (C=O) groups is 1. The molecule has 0 fully saturated rings. The highest BCUT2D eigenvalue weighted by Crippen LogP contribution is 2.21. The molecule has 0 amide bonds. The quantitative estimate of drug-likeness (QED) is 0.558. The minimum Gasteiger partial charge on any atom is -0.468 e. The van der Waals surface area contributed by atoms with E-state index in [1.54, 1.807) is 0 Å². The van der Waals surface area contributed by atoms with Crippen LogP contribution in [0.3, 0.4) is 0 Å². The predicted octanol–water partition coefficient (Wildman–Crippen LogP) is 0.297. The van der Waals surface area contributed by atoms with E-state index >= 15 is 0 Å².